The van der Waals surface area contributed by atoms with E-state index in [0.717, 1.165) is 25.2 Å². The number of pyridine rings is 1. The van der Waals surface area contributed by atoms with E-state index in [1.807, 2.05) is 0 Å². The Kier molecular flexibility index (Phi) is 4.33. The van der Waals surface area contributed by atoms with Gasteiger partial charge in [0.25, 0.3) is 0 Å². The molecule has 1 fully saturated rings. The van der Waals surface area contributed by atoms with E-state index in [9.17, 15) is 8.78 Å². The van der Waals surface area contributed by atoms with Crippen LogP contribution in [0.15, 0.2) is 18.3 Å². The predicted molar refractivity (Wildman–Crippen MR) is 66.1 cm³/mol. The highest BCUT2D eigenvalue weighted by Crippen LogP contribution is 2.26. The number of anilines is 1. The monoisotopic (exact) mass is 256 g/mol. The van der Waals surface area contributed by atoms with Crippen molar-refractivity contribution in [3.05, 3.63) is 18.3 Å². The summed E-state index contributed by atoms with van der Waals surface area (Å²) in [5.74, 6) is 0.960. The molecule has 1 atom stereocenters. The van der Waals surface area contributed by atoms with Gasteiger partial charge in [0.1, 0.15) is 11.6 Å². The van der Waals surface area contributed by atoms with E-state index in [1.165, 1.54) is 19.0 Å². The second-order valence-electron chi connectivity index (χ2n) is 4.48. The van der Waals surface area contributed by atoms with Crippen LogP contribution >= 0.6 is 0 Å². The highest BCUT2D eigenvalue weighted by atomic mass is 19.3. The van der Waals surface area contributed by atoms with E-state index in [-0.39, 0.29) is 5.75 Å². The molecule has 1 aliphatic rings. The van der Waals surface area contributed by atoms with Crippen molar-refractivity contribution in [1.82, 2.24) is 4.98 Å². The molecule has 2 heterocycles. The van der Waals surface area contributed by atoms with Crippen molar-refractivity contribution >= 4 is 5.82 Å². The van der Waals surface area contributed by atoms with Crippen LogP contribution < -0.4 is 9.64 Å². The summed E-state index contributed by atoms with van der Waals surface area (Å²) in [6, 6.07) is 3.81. The lowest BCUT2D eigenvalue weighted by molar-refractivity contribution is -0.0500. The van der Waals surface area contributed by atoms with Gasteiger partial charge in [0.2, 0.25) is 0 Å². The Hall–Kier alpha value is -1.39. The molecule has 1 unspecified atom stereocenters. The minimum absolute atomic E-state index is 0.110. The van der Waals surface area contributed by atoms with Gasteiger partial charge in [-0.1, -0.05) is 6.92 Å². The first-order chi connectivity index (χ1) is 8.70. The SMILES string of the molecule is CCC1CCCCN1c1ccc(OC(F)F)cn1. The molecule has 1 aromatic heterocycles. The fourth-order valence-electron chi connectivity index (χ4n) is 2.44. The standard InChI is InChI=1S/C13H18F2N2O/c1-2-10-5-3-4-8-17(10)12-7-6-11(9-16-12)18-13(14)15/h6-7,9-10,13H,2-5,8H2,1H3. The third-order valence-electron chi connectivity index (χ3n) is 3.34. The molecule has 0 aliphatic carbocycles. The average molecular weight is 256 g/mol. The summed E-state index contributed by atoms with van der Waals surface area (Å²) in [5, 5.41) is 0. The Morgan fingerprint density at radius 3 is 2.89 bits per heavy atom. The van der Waals surface area contributed by atoms with Crippen LogP contribution in [0, 0.1) is 0 Å². The first-order valence-electron chi connectivity index (χ1n) is 6.38. The number of aromatic nitrogens is 1. The van der Waals surface area contributed by atoms with Crippen LogP contribution in [-0.4, -0.2) is 24.2 Å². The number of nitrogens with zero attached hydrogens (tertiary/aromatic N) is 2. The van der Waals surface area contributed by atoms with Crippen molar-refractivity contribution in [1.29, 1.82) is 0 Å². The van der Waals surface area contributed by atoms with Crippen LogP contribution in [0.4, 0.5) is 14.6 Å². The maximum atomic E-state index is 12.0. The molecular formula is C13H18F2N2O. The van der Waals surface area contributed by atoms with E-state index in [2.05, 4.69) is 21.5 Å². The molecule has 1 aliphatic heterocycles. The number of rotatable bonds is 4. The van der Waals surface area contributed by atoms with Gasteiger partial charge in [0.05, 0.1) is 6.20 Å². The molecule has 0 spiro atoms. The fraction of sp³-hybridized carbons (Fsp3) is 0.615. The number of hydrogen-bond donors (Lipinski definition) is 0. The molecule has 0 aromatic carbocycles. The molecule has 0 bridgehead atoms. The fourth-order valence-corrected chi connectivity index (χ4v) is 2.44. The third kappa shape index (κ3) is 3.09. The van der Waals surface area contributed by atoms with Crippen LogP contribution in [0.3, 0.4) is 0 Å². The van der Waals surface area contributed by atoms with Crippen molar-refractivity contribution in [2.24, 2.45) is 0 Å². The Morgan fingerprint density at radius 1 is 1.44 bits per heavy atom. The number of alkyl halides is 2. The van der Waals surface area contributed by atoms with Gasteiger partial charge < -0.3 is 9.64 Å². The van der Waals surface area contributed by atoms with Gasteiger partial charge in [-0.2, -0.15) is 8.78 Å². The minimum Gasteiger partial charge on any atom is -0.433 e. The second kappa shape index (κ2) is 5.98. The molecule has 100 valence electrons. The highest BCUT2D eigenvalue weighted by Gasteiger charge is 2.21. The van der Waals surface area contributed by atoms with Crippen molar-refractivity contribution in [2.75, 3.05) is 11.4 Å². The van der Waals surface area contributed by atoms with E-state index < -0.39 is 6.61 Å². The molecule has 3 nitrogen and oxygen atoms in total. The third-order valence-corrected chi connectivity index (χ3v) is 3.34. The normalized spacial score (nSPS) is 20.2. The summed E-state index contributed by atoms with van der Waals surface area (Å²) in [7, 11) is 0. The number of hydrogen-bond acceptors (Lipinski definition) is 3. The van der Waals surface area contributed by atoms with Gasteiger partial charge >= 0.3 is 6.61 Å². The summed E-state index contributed by atoms with van der Waals surface area (Å²) in [6.07, 6.45) is 6.03. The lowest BCUT2D eigenvalue weighted by Gasteiger charge is -2.36. The molecule has 0 radical (unpaired) electrons. The summed E-state index contributed by atoms with van der Waals surface area (Å²) in [6.45, 7) is 0.355. The first kappa shape index (κ1) is 13.1. The lowest BCUT2D eigenvalue weighted by atomic mass is 10.00. The van der Waals surface area contributed by atoms with Crippen molar-refractivity contribution in [2.45, 2.75) is 45.3 Å². The predicted octanol–water partition coefficient (Wildman–Crippen LogP) is 3.45. The van der Waals surface area contributed by atoms with E-state index >= 15 is 0 Å². The number of halogens is 2. The molecule has 1 aromatic rings. The van der Waals surface area contributed by atoms with E-state index in [4.69, 9.17) is 0 Å². The molecule has 0 amide bonds. The van der Waals surface area contributed by atoms with Gasteiger partial charge in [0, 0.05) is 12.6 Å². The Balaban J connectivity index is 2.07. The maximum absolute atomic E-state index is 12.0. The Labute approximate surface area is 106 Å². The minimum atomic E-state index is -2.80. The number of ether oxygens (including phenoxy) is 1. The zero-order valence-electron chi connectivity index (χ0n) is 10.5. The van der Waals surface area contributed by atoms with Crippen LogP contribution in [0.1, 0.15) is 32.6 Å². The quantitative estimate of drug-likeness (QED) is 0.825. The molecule has 2 rings (SSSR count). The second-order valence-corrected chi connectivity index (χ2v) is 4.48. The van der Waals surface area contributed by atoms with Gasteiger partial charge in [-0.25, -0.2) is 4.98 Å². The summed E-state index contributed by atoms with van der Waals surface area (Å²) < 4.78 is 28.4. The summed E-state index contributed by atoms with van der Waals surface area (Å²) in [5.41, 5.74) is 0. The van der Waals surface area contributed by atoms with Crippen LogP contribution in [0.25, 0.3) is 0 Å². The zero-order chi connectivity index (χ0) is 13.0. The van der Waals surface area contributed by atoms with Crippen LogP contribution in [0.5, 0.6) is 5.75 Å². The van der Waals surface area contributed by atoms with Gasteiger partial charge in [-0.05, 0) is 37.8 Å². The largest absolute Gasteiger partial charge is 0.433 e. The van der Waals surface area contributed by atoms with Crippen molar-refractivity contribution < 1.29 is 13.5 Å². The molecule has 1 saturated heterocycles. The van der Waals surface area contributed by atoms with Crippen molar-refractivity contribution in [3.63, 3.8) is 0 Å². The smallest absolute Gasteiger partial charge is 0.387 e. The Morgan fingerprint density at radius 2 is 2.28 bits per heavy atom. The first-order valence-corrected chi connectivity index (χ1v) is 6.38. The van der Waals surface area contributed by atoms with Gasteiger partial charge in [-0.15, -0.1) is 0 Å². The van der Waals surface area contributed by atoms with Crippen LogP contribution in [-0.2, 0) is 0 Å². The topological polar surface area (TPSA) is 25.4 Å². The summed E-state index contributed by atoms with van der Waals surface area (Å²) in [4.78, 5) is 6.48. The van der Waals surface area contributed by atoms with Crippen molar-refractivity contribution in [3.8, 4) is 5.75 Å². The highest BCUT2D eigenvalue weighted by molar-refractivity contribution is 5.42. The summed E-state index contributed by atoms with van der Waals surface area (Å²) >= 11 is 0. The van der Waals surface area contributed by atoms with Gasteiger partial charge in [-0.3, -0.25) is 0 Å². The van der Waals surface area contributed by atoms with Gasteiger partial charge in [0.15, 0.2) is 0 Å². The molecule has 18 heavy (non-hydrogen) atoms. The Bertz CT molecular complexity index is 370. The maximum Gasteiger partial charge on any atom is 0.387 e. The molecule has 0 N–H and O–H groups in total. The lowest BCUT2D eigenvalue weighted by Crippen LogP contribution is -2.39. The van der Waals surface area contributed by atoms with E-state index in [1.54, 1.807) is 12.1 Å². The van der Waals surface area contributed by atoms with E-state index in [0.29, 0.717) is 6.04 Å². The van der Waals surface area contributed by atoms with Crippen LogP contribution in [0.2, 0.25) is 0 Å². The molecular weight excluding hydrogens is 238 g/mol. The average Bonchev–Trinajstić information content (AvgIpc) is 2.39. The molecule has 5 heteroatoms. The number of piperidine rings is 1. The molecule has 0 saturated carbocycles. The zero-order valence-corrected chi connectivity index (χ0v) is 10.5.